The number of hydrogen-bond acceptors (Lipinski definition) is 4. The number of nitrogens with zero attached hydrogens (tertiary/aromatic N) is 2. The van der Waals surface area contributed by atoms with Crippen molar-refractivity contribution in [3.05, 3.63) is 46.8 Å². The first-order valence-corrected chi connectivity index (χ1v) is 8.24. The number of H-pyrrole nitrogens is 1. The summed E-state index contributed by atoms with van der Waals surface area (Å²) in [7, 11) is 4.02. The highest BCUT2D eigenvalue weighted by Crippen LogP contribution is 2.20. The lowest BCUT2D eigenvalue weighted by Gasteiger charge is -2.24. The topological polar surface area (TPSA) is 73.1 Å². The summed E-state index contributed by atoms with van der Waals surface area (Å²) in [6.07, 6.45) is 1.73. The quantitative estimate of drug-likeness (QED) is 0.673. The van der Waals surface area contributed by atoms with Crippen molar-refractivity contribution < 1.29 is 4.79 Å². The zero-order chi connectivity index (χ0) is 16.2. The van der Waals surface area contributed by atoms with Crippen molar-refractivity contribution in [3.8, 4) is 0 Å². The first-order valence-electron chi connectivity index (χ1n) is 7.30. The summed E-state index contributed by atoms with van der Waals surface area (Å²) < 4.78 is 0. The van der Waals surface area contributed by atoms with Crippen LogP contribution in [0.3, 0.4) is 0 Å². The second-order valence-electron chi connectivity index (χ2n) is 5.54. The van der Waals surface area contributed by atoms with Crippen LogP contribution in [0.2, 0.25) is 0 Å². The van der Waals surface area contributed by atoms with E-state index in [1.54, 1.807) is 17.5 Å². The molecular weight excluding hydrogens is 310 g/mol. The number of aromatic nitrogens is 2. The molecule has 2 aromatic heterocycles. The Bertz CT molecular complexity index is 781. The van der Waals surface area contributed by atoms with Gasteiger partial charge in [-0.1, -0.05) is 0 Å². The van der Waals surface area contributed by atoms with Gasteiger partial charge in [-0.25, -0.2) is 4.79 Å². The maximum absolute atomic E-state index is 12.1. The fourth-order valence-electron chi connectivity index (χ4n) is 2.45. The van der Waals surface area contributed by atoms with E-state index in [0.717, 1.165) is 16.6 Å². The molecule has 1 aromatic carbocycles. The zero-order valence-corrected chi connectivity index (χ0v) is 13.9. The van der Waals surface area contributed by atoms with Crippen LogP contribution in [0.25, 0.3) is 10.9 Å². The molecule has 0 aliphatic carbocycles. The summed E-state index contributed by atoms with van der Waals surface area (Å²) in [6.45, 7) is 0.545. The van der Waals surface area contributed by atoms with Crippen LogP contribution in [-0.4, -0.2) is 41.8 Å². The monoisotopic (exact) mass is 329 g/mol. The first-order chi connectivity index (χ1) is 11.1. The van der Waals surface area contributed by atoms with E-state index in [9.17, 15) is 4.79 Å². The molecule has 2 amide bonds. The van der Waals surface area contributed by atoms with Crippen molar-refractivity contribution in [3.63, 3.8) is 0 Å². The number of anilines is 1. The summed E-state index contributed by atoms with van der Waals surface area (Å²) in [5.41, 5.74) is 2.90. The van der Waals surface area contributed by atoms with Gasteiger partial charge in [0.2, 0.25) is 0 Å². The number of carbonyl (C=O) groups is 1. The average Bonchev–Trinajstić information content (AvgIpc) is 3.17. The van der Waals surface area contributed by atoms with Crippen LogP contribution in [0, 0.1) is 0 Å². The molecule has 23 heavy (non-hydrogen) atoms. The average molecular weight is 329 g/mol. The molecular formula is C16H19N5OS. The Labute approximate surface area is 138 Å². The van der Waals surface area contributed by atoms with E-state index in [0.29, 0.717) is 6.54 Å². The molecule has 3 rings (SSSR count). The second kappa shape index (κ2) is 6.80. The molecule has 0 saturated heterocycles. The van der Waals surface area contributed by atoms with Crippen molar-refractivity contribution in [2.24, 2.45) is 0 Å². The van der Waals surface area contributed by atoms with Gasteiger partial charge in [-0.3, -0.25) is 5.10 Å². The Morgan fingerprint density at radius 3 is 3.00 bits per heavy atom. The van der Waals surface area contributed by atoms with Crippen molar-refractivity contribution in [1.82, 2.24) is 20.4 Å². The van der Waals surface area contributed by atoms with E-state index in [-0.39, 0.29) is 12.1 Å². The first kappa shape index (κ1) is 15.5. The number of carbonyl (C=O) groups excluding carboxylic acids is 1. The van der Waals surface area contributed by atoms with E-state index in [4.69, 9.17) is 0 Å². The van der Waals surface area contributed by atoms with Gasteiger partial charge in [-0.05, 0) is 54.7 Å². The molecule has 3 aromatic rings. The number of likely N-dealkylation sites (N-methyl/N-ethyl adjacent to an activating group) is 1. The number of hydrogen-bond donors (Lipinski definition) is 3. The maximum atomic E-state index is 12.1. The molecule has 1 atom stereocenters. The lowest BCUT2D eigenvalue weighted by atomic mass is 10.1. The SMILES string of the molecule is CN(C)C(CNC(=O)Nc1ccc2[nH]ncc2c1)c1ccsc1. The van der Waals surface area contributed by atoms with Gasteiger partial charge in [0.15, 0.2) is 0 Å². The van der Waals surface area contributed by atoms with Gasteiger partial charge in [0.05, 0.1) is 17.8 Å². The molecule has 120 valence electrons. The highest BCUT2D eigenvalue weighted by atomic mass is 32.1. The van der Waals surface area contributed by atoms with Gasteiger partial charge in [0, 0.05) is 17.6 Å². The smallest absolute Gasteiger partial charge is 0.319 e. The number of rotatable bonds is 5. The van der Waals surface area contributed by atoms with Crippen LogP contribution in [0.4, 0.5) is 10.5 Å². The Hall–Kier alpha value is -2.38. The molecule has 0 aliphatic heterocycles. The predicted molar refractivity (Wildman–Crippen MR) is 93.9 cm³/mol. The van der Waals surface area contributed by atoms with Gasteiger partial charge in [0.1, 0.15) is 0 Å². The van der Waals surface area contributed by atoms with Crippen LogP contribution in [0.1, 0.15) is 11.6 Å². The summed E-state index contributed by atoms with van der Waals surface area (Å²) >= 11 is 1.66. The van der Waals surface area contributed by atoms with Crippen molar-refractivity contribution in [2.75, 3.05) is 26.0 Å². The van der Waals surface area contributed by atoms with Crippen molar-refractivity contribution in [2.45, 2.75) is 6.04 Å². The van der Waals surface area contributed by atoms with E-state index in [1.807, 2.05) is 37.7 Å². The second-order valence-corrected chi connectivity index (χ2v) is 6.32. The van der Waals surface area contributed by atoms with Crippen LogP contribution in [0.15, 0.2) is 41.2 Å². The number of benzene rings is 1. The summed E-state index contributed by atoms with van der Waals surface area (Å²) in [5, 5.41) is 17.8. The van der Waals surface area contributed by atoms with Crippen LogP contribution >= 0.6 is 11.3 Å². The van der Waals surface area contributed by atoms with Gasteiger partial charge in [-0.15, -0.1) is 0 Å². The lowest BCUT2D eigenvalue weighted by Crippen LogP contribution is -2.36. The molecule has 6 nitrogen and oxygen atoms in total. The van der Waals surface area contributed by atoms with Crippen LogP contribution < -0.4 is 10.6 Å². The number of urea groups is 1. The molecule has 0 bridgehead atoms. The fourth-order valence-corrected chi connectivity index (χ4v) is 3.16. The number of fused-ring (bicyclic) bond motifs is 1. The predicted octanol–water partition coefficient (Wildman–Crippen LogP) is 3.05. The summed E-state index contributed by atoms with van der Waals surface area (Å²) in [5.74, 6) is 0. The van der Waals surface area contributed by atoms with Crippen LogP contribution in [0.5, 0.6) is 0 Å². The molecule has 0 fully saturated rings. The highest BCUT2D eigenvalue weighted by Gasteiger charge is 2.15. The summed E-state index contributed by atoms with van der Waals surface area (Å²) in [4.78, 5) is 14.2. The van der Waals surface area contributed by atoms with E-state index in [2.05, 4.69) is 37.2 Å². The Morgan fingerprint density at radius 1 is 1.39 bits per heavy atom. The Balaban J connectivity index is 1.60. The molecule has 0 saturated carbocycles. The van der Waals surface area contributed by atoms with Crippen LogP contribution in [-0.2, 0) is 0 Å². The molecule has 0 aliphatic rings. The largest absolute Gasteiger partial charge is 0.336 e. The fraction of sp³-hybridized carbons (Fsp3) is 0.250. The number of nitrogens with one attached hydrogen (secondary N) is 3. The van der Waals surface area contributed by atoms with Gasteiger partial charge >= 0.3 is 6.03 Å². The Morgan fingerprint density at radius 2 is 2.26 bits per heavy atom. The normalized spacial score (nSPS) is 12.5. The van der Waals surface area contributed by atoms with Crippen molar-refractivity contribution >= 4 is 34.0 Å². The highest BCUT2D eigenvalue weighted by molar-refractivity contribution is 7.07. The van der Waals surface area contributed by atoms with E-state index >= 15 is 0 Å². The zero-order valence-electron chi connectivity index (χ0n) is 13.0. The Kier molecular flexibility index (Phi) is 4.59. The van der Waals surface area contributed by atoms with Gasteiger partial charge < -0.3 is 15.5 Å². The third-order valence-electron chi connectivity index (χ3n) is 3.71. The molecule has 3 N–H and O–H groups in total. The minimum Gasteiger partial charge on any atom is -0.336 e. The summed E-state index contributed by atoms with van der Waals surface area (Å²) in [6, 6.07) is 7.66. The molecule has 1 unspecified atom stereocenters. The van der Waals surface area contributed by atoms with Gasteiger partial charge in [-0.2, -0.15) is 16.4 Å². The lowest BCUT2D eigenvalue weighted by molar-refractivity contribution is 0.243. The number of thiophene rings is 1. The number of aromatic amines is 1. The standard InChI is InChI=1S/C16H19N5OS/c1-21(2)15(11-5-6-23-10-11)9-17-16(22)19-13-3-4-14-12(7-13)8-18-20-14/h3-8,10,15H,9H2,1-2H3,(H,18,20)(H2,17,19,22). The van der Waals surface area contributed by atoms with Gasteiger partial charge in [0.25, 0.3) is 0 Å². The minimum absolute atomic E-state index is 0.156. The molecule has 7 heteroatoms. The third kappa shape index (κ3) is 3.69. The molecule has 0 spiro atoms. The van der Waals surface area contributed by atoms with E-state index < -0.39 is 0 Å². The molecule has 2 heterocycles. The van der Waals surface area contributed by atoms with Crippen molar-refractivity contribution in [1.29, 1.82) is 0 Å². The minimum atomic E-state index is -0.213. The van der Waals surface area contributed by atoms with E-state index in [1.165, 1.54) is 5.56 Å². The number of amides is 2. The third-order valence-corrected chi connectivity index (χ3v) is 4.41. The maximum Gasteiger partial charge on any atom is 0.319 e. The molecule has 0 radical (unpaired) electrons.